The van der Waals surface area contributed by atoms with Crippen molar-refractivity contribution < 1.29 is 76.5 Å². The quantitative estimate of drug-likeness (QED) is 0.528. The third-order valence-electron chi connectivity index (χ3n) is 0. The van der Waals surface area contributed by atoms with Gasteiger partial charge in [-0.15, -0.1) is 0 Å². The van der Waals surface area contributed by atoms with Gasteiger partial charge in [0.15, 0.2) is 0 Å². The second-order valence-corrected chi connectivity index (χ2v) is 0. The van der Waals surface area contributed by atoms with Crippen LogP contribution in [-0.4, -0.2) is 0 Å². The van der Waals surface area contributed by atoms with Crippen molar-refractivity contribution in [2.45, 2.75) is 0 Å². The molecule has 22 valence electrons. The molecule has 0 aromatic carbocycles. The molecular formula is CrFeTiZr. The Kier molecular flexibility index (Phi) is 69.3. The van der Waals surface area contributed by atoms with Crippen LogP contribution >= 0.6 is 0 Å². The van der Waals surface area contributed by atoms with Crippen molar-refractivity contribution in [2.24, 2.45) is 0 Å². The predicted molar refractivity (Wildman–Crippen MR) is 0 cm³/mol. The Morgan fingerprint density at radius 2 is 1.25 bits per heavy atom. The summed E-state index contributed by atoms with van der Waals surface area (Å²) >= 11 is 5.50. The van der Waals surface area contributed by atoms with Gasteiger partial charge in [-0.1, -0.05) is 0 Å². The summed E-state index contributed by atoms with van der Waals surface area (Å²) in [7, 11) is 0. The van der Waals surface area contributed by atoms with E-state index in [-0.39, 0.29) is 47.9 Å². The second kappa shape index (κ2) is 17.4. The first-order valence-electron chi connectivity index (χ1n) is 0.144. The van der Waals surface area contributed by atoms with Crippen molar-refractivity contribution in [1.82, 2.24) is 0 Å². The van der Waals surface area contributed by atoms with Gasteiger partial charge >= 0.3 is 28.6 Å². The molecule has 0 heterocycles. The van der Waals surface area contributed by atoms with Gasteiger partial charge < -0.3 is 0 Å². The first-order chi connectivity index (χ1) is 1.00. The summed E-state index contributed by atoms with van der Waals surface area (Å²) in [5.41, 5.74) is 0. The fraction of sp³-hybridized carbons (Fsp3) is 0. The summed E-state index contributed by atoms with van der Waals surface area (Å²) in [6, 6.07) is 0. The van der Waals surface area contributed by atoms with Gasteiger partial charge in [0.2, 0.25) is 0 Å². The van der Waals surface area contributed by atoms with Crippen LogP contribution in [-0.2, 0) is 76.5 Å². The minimum atomic E-state index is 0. The molecule has 0 aliphatic heterocycles. The second-order valence-electron chi connectivity index (χ2n) is 0. The van der Waals surface area contributed by atoms with Crippen LogP contribution in [0.4, 0.5) is 0 Å². The molecule has 0 aliphatic rings. The van der Waals surface area contributed by atoms with E-state index in [9.17, 15) is 0 Å². The van der Waals surface area contributed by atoms with E-state index in [0.29, 0.717) is 0 Å². The normalized spacial score (nSPS) is 1.25. The Bertz CT molecular complexity index is 8.00. The molecule has 0 aliphatic carbocycles. The monoisotopic (exact) mass is 246 g/mol. The first-order valence-corrected chi connectivity index (χ1v) is 2.45. The smallest absolute Gasteiger partial charge is 0 e. The van der Waals surface area contributed by atoms with Crippen molar-refractivity contribution in [3.05, 3.63) is 0 Å². The van der Waals surface area contributed by atoms with Gasteiger partial charge in [0, 0.05) is 47.9 Å². The molecule has 0 amide bonds. The topological polar surface area (TPSA) is 0 Å². The van der Waals surface area contributed by atoms with Crippen molar-refractivity contribution in [1.29, 1.82) is 0 Å². The SMILES string of the molecule is [Cr][Fe].[Ti].[Zr]. The molecule has 0 atom stereocenters. The molecule has 4 heavy (non-hydrogen) atoms. The molecular weight excluding hydrogens is 247 g/mol. The zero-order valence-electron chi connectivity index (χ0n) is 1.76. The van der Waals surface area contributed by atoms with Crippen LogP contribution in [0.3, 0.4) is 0 Å². The molecule has 0 aromatic rings. The molecule has 4 heteroatoms. The van der Waals surface area contributed by atoms with Crippen LogP contribution in [0.1, 0.15) is 0 Å². The third-order valence-corrected chi connectivity index (χ3v) is 0. The Hall–Kier alpha value is 2.65. The number of hydrogen-bond acceptors (Lipinski definition) is 0. The van der Waals surface area contributed by atoms with Crippen LogP contribution in [0, 0.1) is 0 Å². The largest absolute Gasteiger partial charge is 0 e. The molecule has 0 rings (SSSR count). The molecule has 0 unspecified atom stereocenters. The van der Waals surface area contributed by atoms with E-state index in [0.717, 1.165) is 0 Å². The number of rotatable bonds is 0. The summed E-state index contributed by atoms with van der Waals surface area (Å²) in [6.45, 7) is 0. The van der Waals surface area contributed by atoms with Crippen molar-refractivity contribution in [3.8, 4) is 0 Å². The minimum Gasteiger partial charge on any atom is 0 e. The summed E-state index contributed by atoms with van der Waals surface area (Å²) in [6.07, 6.45) is 0. The number of hydrogen-bond donors (Lipinski definition) is 0. The zero-order valence-corrected chi connectivity index (χ0v) is 8.16. The van der Waals surface area contributed by atoms with Gasteiger partial charge in [0.25, 0.3) is 0 Å². The van der Waals surface area contributed by atoms with E-state index >= 15 is 0 Å². The summed E-state index contributed by atoms with van der Waals surface area (Å²) in [5.74, 6) is 0. The van der Waals surface area contributed by atoms with Crippen LogP contribution < -0.4 is 0 Å². The fourth-order valence-electron chi connectivity index (χ4n) is 0. The summed E-state index contributed by atoms with van der Waals surface area (Å²) in [5, 5.41) is 0. The summed E-state index contributed by atoms with van der Waals surface area (Å²) in [4.78, 5) is 0. The molecule has 0 spiro atoms. The van der Waals surface area contributed by atoms with E-state index in [1.807, 2.05) is 0 Å². The third kappa shape index (κ3) is 8.82. The Balaban J connectivity index is -0.00000000500. The molecule has 0 aromatic heterocycles. The molecule has 0 saturated carbocycles. The van der Waals surface area contributed by atoms with E-state index in [2.05, 4.69) is 28.6 Å². The average Bonchev–Trinajstić information content (AvgIpc) is 1.00. The Morgan fingerprint density at radius 3 is 1.25 bits per heavy atom. The van der Waals surface area contributed by atoms with E-state index < -0.39 is 0 Å². The van der Waals surface area contributed by atoms with Crippen molar-refractivity contribution in [3.63, 3.8) is 0 Å². The molecule has 0 fully saturated rings. The fourth-order valence-corrected chi connectivity index (χ4v) is 0. The zero-order chi connectivity index (χ0) is 2.00. The van der Waals surface area contributed by atoms with Gasteiger partial charge in [-0.3, -0.25) is 0 Å². The maximum absolute atomic E-state index is 3.12. The maximum Gasteiger partial charge on any atom is 0 e. The predicted octanol–water partition coefficient (Wildman–Crippen LogP) is -0.0100. The van der Waals surface area contributed by atoms with Crippen LogP contribution in [0.25, 0.3) is 0 Å². The standard InChI is InChI=1S/Cr.Fe.Ti.Zr. The first kappa shape index (κ1) is 15.9. The van der Waals surface area contributed by atoms with Gasteiger partial charge in [-0.25, -0.2) is 0 Å². The van der Waals surface area contributed by atoms with Crippen LogP contribution in [0.2, 0.25) is 0 Å². The van der Waals surface area contributed by atoms with E-state index in [1.54, 1.807) is 0 Å². The average molecular weight is 247 g/mol. The van der Waals surface area contributed by atoms with Crippen LogP contribution in [0.15, 0.2) is 0 Å². The molecule has 0 saturated heterocycles. The van der Waals surface area contributed by atoms with E-state index in [1.165, 1.54) is 0 Å². The summed E-state index contributed by atoms with van der Waals surface area (Å²) < 4.78 is 0. The Labute approximate surface area is 75.2 Å². The van der Waals surface area contributed by atoms with Gasteiger partial charge in [-0.05, 0) is 0 Å². The van der Waals surface area contributed by atoms with Crippen molar-refractivity contribution >= 4 is 0 Å². The van der Waals surface area contributed by atoms with E-state index in [4.69, 9.17) is 0 Å². The minimum absolute atomic E-state index is 0. The molecule has 0 radical (unpaired) electrons. The van der Waals surface area contributed by atoms with Crippen LogP contribution in [0.5, 0.6) is 0 Å². The molecule has 0 nitrogen and oxygen atoms in total. The molecule has 0 N–H and O–H groups in total. The molecule has 0 bridgehead atoms. The van der Waals surface area contributed by atoms with Gasteiger partial charge in [-0.2, -0.15) is 0 Å². The van der Waals surface area contributed by atoms with Gasteiger partial charge in [0.05, 0.1) is 0 Å². The van der Waals surface area contributed by atoms with Crippen molar-refractivity contribution in [2.75, 3.05) is 0 Å². The van der Waals surface area contributed by atoms with Gasteiger partial charge in [0.1, 0.15) is 0 Å². The Morgan fingerprint density at radius 1 is 1.25 bits per heavy atom. The maximum atomic E-state index is 3.12.